The molecule has 6 nitrogen and oxygen atoms in total. The second-order valence-electron chi connectivity index (χ2n) is 6.81. The number of benzene rings is 1. The molecule has 27 heavy (non-hydrogen) atoms. The van der Waals surface area contributed by atoms with E-state index in [0.29, 0.717) is 0 Å². The van der Waals surface area contributed by atoms with Crippen LogP contribution in [0.2, 0.25) is 0 Å². The molecule has 0 unspecified atom stereocenters. The Labute approximate surface area is 157 Å². The molecule has 0 radical (unpaired) electrons. The number of nitrogens with one attached hydrogen (secondary N) is 1. The molecule has 0 atom stereocenters. The van der Waals surface area contributed by atoms with Crippen molar-refractivity contribution in [1.29, 1.82) is 0 Å². The largest absolute Gasteiger partial charge is 0.346 e. The number of hydrogen-bond donors (Lipinski definition) is 1. The van der Waals surface area contributed by atoms with Crippen molar-refractivity contribution in [2.45, 2.75) is 13.0 Å². The highest BCUT2D eigenvalue weighted by molar-refractivity contribution is 5.79. The third-order valence-corrected chi connectivity index (χ3v) is 5.07. The van der Waals surface area contributed by atoms with Crippen LogP contribution >= 0.6 is 0 Å². The van der Waals surface area contributed by atoms with E-state index in [2.05, 4.69) is 43.5 Å². The van der Waals surface area contributed by atoms with Crippen LogP contribution in [-0.2, 0) is 6.54 Å². The number of hydrogen-bond acceptors (Lipinski definition) is 4. The highest BCUT2D eigenvalue weighted by Crippen LogP contribution is 2.24. The Morgan fingerprint density at radius 3 is 2.85 bits per heavy atom. The molecule has 1 aliphatic rings. The maximum absolute atomic E-state index is 4.37. The van der Waals surface area contributed by atoms with Gasteiger partial charge in [-0.25, -0.2) is 9.67 Å². The lowest BCUT2D eigenvalue weighted by Crippen LogP contribution is -2.28. The van der Waals surface area contributed by atoms with Crippen LogP contribution in [0.3, 0.4) is 0 Å². The van der Waals surface area contributed by atoms with Gasteiger partial charge in [-0.1, -0.05) is 29.5 Å². The molecule has 3 aromatic heterocycles. The number of aromatic nitrogens is 5. The molecule has 0 bridgehead atoms. The Morgan fingerprint density at radius 1 is 1.07 bits per heavy atom. The molecular formula is C21H20N6. The minimum Gasteiger partial charge on any atom is -0.346 e. The minimum atomic E-state index is 0.917. The van der Waals surface area contributed by atoms with E-state index >= 15 is 0 Å². The third-order valence-electron chi connectivity index (χ3n) is 5.07. The van der Waals surface area contributed by atoms with Crippen LogP contribution in [-0.4, -0.2) is 43.0 Å². The van der Waals surface area contributed by atoms with Gasteiger partial charge in [0.2, 0.25) is 0 Å². The number of H-pyrrole nitrogens is 1. The molecule has 6 heteroatoms. The highest BCUT2D eigenvalue weighted by Gasteiger charge is 2.17. The van der Waals surface area contributed by atoms with Crippen molar-refractivity contribution in [1.82, 2.24) is 29.9 Å². The van der Waals surface area contributed by atoms with Crippen LogP contribution in [0.25, 0.3) is 22.3 Å². The predicted molar refractivity (Wildman–Crippen MR) is 105 cm³/mol. The zero-order chi connectivity index (χ0) is 18.1. The van der Waals surface area contributed by atoms with E-state index in [1.165, 1.54) is 16.5 Å². The summed E-state index contributed by atoms with van der Waals surface area (Å²) in [5, 5.41) is 9.85. The van der Waals surface area contributed by atoms with E-state index in [1.807, 2.05) is 53.5 Å². The molecule has 1 aromatic carbocycles. The quantitative estimate of drug-likeness (QED) is 0.608. The van der Waals surface area contributed by atoms with E-state index in [1.54, 1.807) is 0 Å². The summed E-state index contributed by atoms with van der Waals surface area (Å²) in [5.41, 5.74) is 5.52. The fourth-order valence-corrected chi connectivity index (χ4v) is 3.59. The molecule has 4 aromatic rings. The van der Waals surface area contributed by atoms with Gasteiger partial charge in [0, 0.05) is 37.4 Å². The summed E-state index contributed by atoms with van der Waals surface area (Å²) in [5.74, 6) is 0. The highest BCUT2D eigenvalue weighted by atomic mass is 15.4. The number of rotatable bonds is 4. The molecule has 0 saturated carbocycles. The third kappa shape index (κ3) is 3.15. The zero-order valence-electron chi connectivity index (χ0n) is 14.9. The average molecular weight is 356 g/mol. The molecule has 0 saturated heterocycles. The van der Waals surface area contributed by atoms with Gasteiger partial charge in [0.05, 0.1) is 11.9 Å². The van der Waals surface area contributed by atoms with Crippen molar-refractivity contribution in [3.05, 3.63) is 78.4 Å². The van der Waals surface area contributed by atoms with Crippen LogP contribution in [0, 0.1) is 0 Å². The van der Waals surface area contributed by atoms with Gasteiger partial charge in [-0.2, -0.15) is 0 Å². The molecule has 0 amide bonds. The zero-order valence-corrected chi connectivity index (χ0v) is 14.9. The fourth-order valence-electron chi connectivity index (χ4n) is 3.59. The molecule has 1 aliphatic heterocycles. The summed E-state index contributed by atoms with van der Waals surface area (Å²) in [6.45, 7) is 2.85. The van der Waals surface area contributed by atoms with Gasteiger partial charge in [0.15, 0.2) is 0 Å². The van der Waals surface area contributed by atoms with Crippen LogP contribution in [0.15, 0.2) is 67.1 Å². The van der Waals surface area contributed by atoms with Gasteiger partial charge in [-0.15, -0.1) is 5.10 Å². The lowest BCUT2D eigenvalue weighted by Gasteiger charge is -2.25. The van der Waals surface area contributed by atoms with Crippen molar-refractivity contribution >= 4 is 16.6 Å². The van der Waals surface area contributed by atoms with Crippen molar-refractivity contribution < 1.29 is 0 Å². The van der Waals surface area contributed by atoms with Gasteiger partial charge in [-0.3, -0.25) is 4.90 Å². The maximum Gasteiger partial charge on any atom is 0.137 e. The monoisotopic (exact) mass is 356 g/mol. The molecule has 134 valence electrons. The van der Waals surface area contributed by atoms with Gasteiger partial charge >= 0.3 is 0 Å². The number of pyridine rings is 1. The van der Waals surface area contributed by atoms with Crippen molar-refractivity contribution in [3.8, 4) is 5.69 Å². The fraction of sp³-hybridized carbons (Fsp3) is 0.190. The minimum absolute atomic E-state index is 0.917. The van der Waals surface area contributed by atoms with Gasteiger partial charge in [0.25, 0.3) is 0 Å². The second kappa shape index (κ2) is 6.81. The smallest absolute Gasteiger partial charge is 0.137 e. The summed E-state index contributed by atoms with van der Waals surface area (Å²) in [6, 6.07) is 14.2. The Morgan fingerprint density at radius 2 is 2.00 bits per heavy atom. The van der Waals surface area contributed by atoms with E-state index < -0.39 is 0 Å². The Kier molecular flexibility index (Phi) is 4.03. The molecule has 5 rings (SSSR count). The maximum atomic E-state index is 4.37. The molecular weight excluding hydrogens is 336 g/mol. The molecule has 0 aliphatic carbocycles. The van der Waals surface area contributed by atoms with Crippen molar-refractivity contribution in [2.24, 2.45) is 0 Å². The van der Waals surface area contributed by atoms with Crippen LogP contribution in [0.5, 0.6) is 0 Å². The summed E-state index contributed by atoms with van der Waals surface area (Å²) in [7, 11) is 0. The van der Waals surface area contributed by atoms with Gasteiger partial charge in [0.1, 0.15) is 11.3 Å². The average Bonchev–Trinajstić information content (AvgIpc) is 3.37. The molecule has 1 N–H and O–H groups in total. The van der Waals surface area contributed by atoms with Crippen LogP contribution < -0.4 is 0 Å². The summed E-state index contributed by atoms with van der Waals surface area (Å²) in [6.07, 6.45) is 9.16. The topological polar surface area (TPSA) is 62.6 Å². The van der Waals surface area contributed by atoms with Crippen LogP contribution in [0.4, 0.5) is 0 Å². The molecule has 0 fully saturated rings. The standard InChI is InChI=1S/C21H20N6/c1-2-5-18(6-3-1)27-15-20(24-25-27)16-8-11-26(12-9-16)14-17-13-23-21-19(17)7-4-10-22-21/h1-8,10,13,15H,9,11-12,14H2,(H,22,23). The van der Waals surface area contributed by atoms with Gasteiger partial charge in [-0.05, 0) is 41.8 Å². The van der Waals surface area contributed by atoms with E-state index in [-0.39, 0.29) is 0 Å². The summed E-state index contributed by atoms with van der Waals surface area (Å²) < 4.78 is 1.83. The SMILES string of the molecule is C1=C(c2cn(-c3ccccc3)nn2)CCN(Cc2c[nH]c3ncccc23)C1. The Bertz CT molecular complexity index is 1090. The Balaban J connectivity index is 1.29. The number of fused-ring (bicyclic) bond motifs is 1. The number of aromatic amines is 1. The van der Waals surface area contributed by atoms with Crippen molar-refractivity contribution in [3.63, 3.8) is 0 Å². The van der Waals surface area contributed by atoms with E-state index in [9.17, 15) is 0 Å². The molecule has 4 heterocycles. The van der Waals surface area contributed by atoms with Crippen LogP contribution in [0.1, 0.15) is 17.7 Å². The first-order valence-corrected chi connectivity index (χ1v) is 9.17. The Hall–Kier alpha value is -3.25. The lowest BCUT2D eigenvalue weighted by molar-refractivity contribution is 0.295. The summed E-state index contributed by atoms with van der Waals surface area (Å²) >= 11 is 0. The lowest BCUT2D eigenvalue weighted by atomic mass is 10.0. The number of para-hydroxylation sites is 1. The molecule has 0 spiro atoms. The first-order chi connectivity index (χ1) is 13.4. The first-order valence-electron chi connectivity index (χ1n) is 9.17. The van der Waals surface area contributed by atoms with E-state index in [4.69, 9.17) is 0 Å². The number of nitrogens with zero attached hydrogens (tertiary/aromatic N) is 5. The van der Waals surface area contributed by atoms with E-state index in [0.717, 1.165) is 43.1 Å². The normalized spacial score (nSPS) is 15.2. The first kappa shape index (κ1) is 16.0. The predicted octanol–water partition coefficient (Wildman–Crippen LogP) is 3.43. The second-order valence-corrected chi connectivity index (χ2v) is 6.81. The van der Waals surface area contributed by atoms with Crippen molar-refractivity contribution in [2.75, 3.05) is 13.1 Å². The van der Waals surface area contributed by atoms with Gasteiger partial charge < -0.3 is 4.98 Å². The summed E-state index contributed by atoms with van der Waals surface area (Å²) in [4.78, 5) is 10.1.